The lowest BCUT2D eigenvalue weighted by Gasteiger charge is -2.36. The molecule has 0 spiro atoms. The molecule has 0 aromatic heterocycles. The number of anilines is 1. The molecule has 2 aromatic rings. The minimum atomic E-state index is -0.513. The summed E-state index contributed by atoms with van der Waals surface area (Å²) in [6, 6.07) is 13.4. The highest BCUT2D eigenvalue weighted by atomic mass is 16.5. The number of nitrogens with zero attached hydrogens (tertiary/aromatic N) is 1. The molecule has 2 aromatic carbocycles. The van der Waals surface area contributed by atoms with E-state index in [1.165, 1.54) is 12.5 Å². The second-order valence-corrected chi connectivity index (χ2v) is 6.93. The molecule has 1 aliphatic heterocycles. The molecule has 0 radical (unpaired) electrons. The summed E-state index contributed by atoms with van der Waals surface area (Å²) in [4.78, 5) is 26.5. The molecule has 0 saturated carbocycles. The largest absolute Gasteiger partial charge is 0.478 e. The third-order valence-corrected chi connectivity index (χ3v) is 4.49. The molecule has 0 saturated heterocycles. The summed E-state index contributed by atoms with van der Waals surface area (Å²) in [5.74, 6) is 0.615. The normalized spacial score (nSPS) is 16.6. The summed E-state index contributed by atoms with van der Waals surface area (Å²) in [6.07, 6.45) is -0.513. The van der Waals surface area contributed by atoms with Crippen LogP contribution in [0.1, 0.15) is 42.3 Å². The molecule has 25 heavy (non-hydrogen) atoms. The van der Waals surface area contributed by atoms with E-state index < -0.39 is 6.10 Å². The van der Waals surface area contributed by atoms with Gasteiger partial charge < -0.3 is 9.64 Å². The summed E-state index contributed by atoms with van der Waals surface area (Å²) >= 11 is 0. The Hall–Kier alpha value is -2.62. The first-order valence-corrected chi connectivity index (χ1v) is 8.55. The van der Waals surface area contributed by atoms with Gasteiger partial charge in [0.05, 0.1) is 12.2 Å². The quantitative estimate of drug-likeness (QED) is 0.788. The van der Waals surface area contributed by atoms with Gasteiger partial charge in [-0.3, -0.25) is 9.59 Å². The van der Waals surface area contributed by atoms with E-state index in [1.54, 1.807) is 23.1 Å². The molecule has 130 valence electrons. The fourth-order valence-electron chi connectivity index (χ4n) is 2.97. The van der Waals surface area contributed by atoms with Gasteiger partial charge in [-0.15, -0.1) is 0 Å². The number of aryl methyl sites for hydroxylation is 1. The Bertz CT molecular complexity index is 808. The van der Waals surface area contributed by atoms with Gasteiger partial charge in [0.25, 0.3) is 5.91 Å². The average molecular weight is 337 g/mol. The van der Waals surface area contributed by atoms with Gasteiger partial charge in [-0.25, -0.2) is 0 Å². The van der Waals surface area contributed by atoms with Crippen LogP contribution in [0.3, 0.4) is 0 Å². The zero-order valence-electron chi connectivity index (χ0n) is 15.1. The number of amides is 1. The smallest absolute Gasteiger partial charge is 0.268 e. The van der Waals surface area contributed by atoms with Crippen molar-refractivity contribution < 1.29 is 14.3 Å². The fourth-order valence-corrected chi connectivity index (χ4v) is 2.97. The first-order chi connectivity index (χ1) is 11.9. The number of benzene rings is 2. The van der Waals surface area contributed by atoms with Crippen LogP contribution >= 0.6 is 0 Å². The van der Waals surface area contributed by atoms with Crippen LogP contribution in [-0.4, -0.2) is 17.8 Å². The average Bonchev–Trinajstić information content (AvgIpc) is 2.58. The number of carbonyl (C=O) groups is 2. The van der Waals surface area contributed by atoms with Gasteiger partial charge >= 0.3 is 0 Å². The number of rotatable bonds is 4. The molecule has 3 rings (SSSR count). The highest BCUT2D eigenvalue weighted by Gasteiger charge is 2.36. The minimum absolute atomic E-state index is 0.0310. The van der Waals surface area contributed by atoms with Gasteiger partial charge in [0.15, 0.2) is 11.9 Å². The predicted octanol–water partition coefficient (Wildman–Crippen LogP) is 4.15. The van der Waals surface area contributed by atoms with Crippen LogP contribution < -0.4 is 9.64 Å². The molecule has 1 unspecified atom stereocenters. The number of fused-ring (bicyclic) bond motifs is 1. The molecule has 0 aliphatic carbocycles. The van der Waals surface area contributed by atoms with Crippen molar-refractivity contribution >= 4 is 17.4 Å². The SMILES string of the molecule is CC(=O)c1ccc2c(c1)N(Cc1ccc(C)cc1)C(=O)C(C(C)C)O2. The van der Waals surface area contributed by atoms with Gasteiger partial charge in [0.2, 0.25) is 0 Å². The maximum atomic E-state index is 13.0. The molecular weight excluding hydrogens is 314 g/mol. The van der Waals surface area contributed by atoms with Crippen LogP contribution in [-0.2, 0) is 11.3 Å². The third kappa shape index (κ3) is 3.43. The van der Waals surface area contributed by atoms with E-state index >= 15 is 0 Å². The monoisotopic (exact) mass is 337 g/mol. The summed E-state index contributed by atoms with van der Waals surface area (Å²) in [5.41, 5.74) is 3.46. The van der Waals surface area contributed by atoms with E-state index in [0.717, 1.165) is 5.56 Å². The maximum Gasteiger partial charge on any atom is 0.268 e. The summed E-state index contributed by atoms with van der Waals surface area (Å²) in [6.45, 7) is 7.96. The van der Waals surface area contributed by atoms with Gasteiger partial charge in [-0.1, -0.05) is 43.7 Å². The van der Waals surface area contributed by atoms with E-state index in [2.05, 4.69) is 0 Å². The van der Waals surface area contributed by atoms with Crippen molar-refractivity contribution in [2.24, 2.45) is 5.92 Å². The second-order valence-electron chi connectivity index (χ2n) is 6.93. The molecule has 0 fully saturated rings. The van der Waals surface area contributed by atoms with E-state index in [9.17, 15) is 9.59 Å². The van der Waals surface area contributed by atoms with Crippen LogP contribution in [0.25, 0.3) is 0 Å². The van der Waals surface area contributed by atoms with Crippen molar-refractivity contribution in [3.63, 3.8) is 0 Å². The maximum absolute atomic E-state index is 13.0. The van der Waals surface area contributed by atoms with Crippen LogP contribution in [0.2, 0.25) is 0 Å². The molecule has 0 N–H and O–H groups in total. The summed E-state index contributed by atoms with van der Waals surface area (Å²) in [5, 5.41) is 0. The van der Waals surface area contributed by atoms with Crippen molar-refractivity contribution in [2.45, 2.75) is 40.3 Å². The van der Waals surface area contributed by atoms with Crippen molar-refractivity contribution in [1.29, 1.82) is 0 Å². The Morgan fingerprint density at radius 2 is 1.84 bits per heavy atom. The highest BCUT2D eigenvalue weighted by Crippen LogP contribution is 2.37. The van der Waals surface area contributed by atoms with Crippen LogP contribution in [0.15, 0.2) is 42.5 Å². The van der Waals surface area contributed by atoms with Crippen LogP contribution in [0, 0.1) is 12.8 Å². The predicted molar refractivity (Wildman–Crippen MR) is 98.1 cm³/mol. The van der Waals surface area contributed by atoms with E-state index in [4.69, 9.17) is 4.74 Å². The number of ketones is 1. The lowest BCUT2D eigenvalue weighted by molar-refractivity contribution is -0.128. The van der Waals surface area contributed by atoms with Gasteiger partial charge in [-0.2, -0.15) is 0 Å². The Morgan fingerprint density at radius 1 is 1.16 bits per heavy atom. The van der Waals surface area contributed by atoms with Crippen LogP contribution in [0.4, 0.5) is 5.69 Å². The number of hydrogen-bond acceptors (Lipinski definition) is 3. The van der Waals surface area contributed by atoms with E-state index in [0.29, 0.717) is 23.5 Å². The van der Waals surface area contributed by atoms with Gasteiger partial charge in [0.1, 0.15) is 5.75 Å². The Morgan fingerprint density at radius 3 is 2.44 bits per heavy atom. The molecule has 1 aliphatic rings. The molecular formula is C21H23NO3. The fraction of sp³-hybridized carbons (Fsp3) is 0.333. The molecule has 1 amide bonds. The molecule has 1 heterocycles. The molecule has 4 heteroatoms. The first kappa shape index (κ1) is 17.2. The Kier molecular flexibility index (Phi) is 4.62. The molecule has 0 bridgehead atoms. The Balaban J connectivity index is 2.04. The Labute approximate surface area is 148 Å². The number of hydrogen-bond donors (Lipinski definition) is 0. The third-order valence-electron chi connectivity index (χ3n) is 4.49. The summed E-state index contributed by atoms with van der Waals surface area (Å²) in [7, 11) is 0. The minimum Gasteiger partial charge on any atom is -0.478 e. The number of ether oxygens (including phenoxy) is 1. The standard InChI is InChI=1S/C21H23NO3/c1-13(2)20-21(24)22(12-16-7-5-14(3)6-8-16)18-11-17(15(4)23)9-10-19(18)25-20/h5-11,13,20H,12H2,1-4H3. The lowest BCUT2D eigenvalue weighted by Crippen LogP contribution is -2.48. The van der Waals surface area contributed by atoms with Crippen molar-refractivity contribution in [3.8, 4) is 5.75 Å². The summed E-state index contributed by atoms with van der Waals surface area (Å²) < 4.78 is 5.92. The highest BCUT2D eigenvalue weighted by molar-refractivity contribution is 6.02. The topological polar surface area (TPSA) is 46.6 Å². The zero-order chi connectivity index (χ0) is 18.1. The van der Waals surface area contributed by atoms with Crippen LogP contribution in [0.5, 0.6) is 5.75 Å². The molecule has 1 atom stereocenters. The zero-order valence-corrected chi connectivity index (χ0v) is 15.1. The second kappa shape index (κ2) is 6.71. The number of Topliss-reactive ketones (excluding diaryl/α,β-unsaturated/α-hetero) is 1. The van der Waals surface area contributed by atoms with E-state index in [1.807, 2.05) is 45.0 Å². The van der Waals surface area contributed by atoms with Gasteiger partial charge in [-0.05, 0) is 43.5 Å². The van der Waals surface area contributed by atoms with E-state index in [-0.39, 0.29) is 17.6 Å². The van der Waals surface area contributed by atoms with Gasteiger partial charge in [0, 0.05) is 5.56 Å². The molecule has 4 nitrogen and oxygen atoms in total. The number of carbonyl (C=O) groups excluding carboxylic acids is 2. The van der Waals surface area contributed by atoms with Crippen molar-refractivity contribution in [2.75, 3.05) is 4.90 Å². The van der Waals surface area contributed by atoms with Crippen molar-refractivity contribution in [1.82, 2.24) is 0 Å². The first-order valence-electron chi connectivity index (χ1n) is 8.55. The van der Waals surface area contributed by atoms with Crippen molar-refractivity contribution in [3.05, 3.63) is 59.2 Å². The lowest BCUT2D eigenvalue weighted by atomic mass is 10.0.